The first-order valence-electron chi connectivity index (χ1n) is 24.4. The van der Waals surface area contributed by atoms with Crippen LogP contribution in [0.15, 0.2) is 152 Å². The van der Waals surface area contributed by atoms with Crippen molar-refractivity contribution in [1.29, 1.82) is 0 Å². The van der Waals surface area contributed by atoms with Crippen LogP contribution in [0.5, 0.6) is 0 Å². The van der Waals surface area contributed by atoms with Gasteiger partial charge in [0, 0.05) is 0 Å². The van der Waals surface area contributed by atoms with Gasteiger partial charge in [0.05, 0.1) is 0 Å². The van der Waals surface area contributed by atoms with Crippen LogP contribution < -0.4 is 85.2 Å². The fourth-order valence-corrected chi connectivity index (χ4v) is 26.7. The van der Waals surface area contributed by atoms with Crippen LogP contribution in [0.25, 0.3) is 0 Å². The Balaban J connectivity index is 1.09. The molecule has 0 N–H and O–H groups in total. The van der Waals surface area contributed by atoms with Crippen molar-refractivity contribution < 1.29 is 9.59 Å². The molecule has 8 aliphatic heterocycles. The predicted octanol–water partition coefficient (Wildman–Crippen LogP) is 1.41. The Bertz CT molecular complexity index is 3790. The Morgan fingerprint density at radius 2 is 0.710 bits per heavy atom. The molecule has 0 saturated carbocycles. The number of hydrogen-bond donors (Lipinski definition) is 0. The number of nitrogens with zero attached hydrogens (tertiary/aromatic N) is 2. The molecule has 0 bridgehead atoms. The molecule has 9 aromatic rings. The number of carbonyl (C=O) groups excluding carboxylic acids is 2. The quantitative estimate of drug-likeness (QED) is 0.246. The number of ketones is 2. The van der Waals surface area contributed by atoms with Crippen molar-refractivity contribution in [1.82, 2.24) is 0 Å². The van der Waals surface area contributed by atoms with E-state index in [9.17, 15) is 0 Å². The van der Waals surface area contributed by atoms with Crippen LogP contribution in [-0.2, 0) is 0 Å². The Kier molecular flexibility index (Phi) is 6.95. The van der Waals surface area contributed by atoms with E-state index in [0.29, 0.717) is 0 Å². The summed E-state index contributed by atoms with van der Waals surface area (Å²) < 4.78 is 4.56. The van der Waals surface area contributed by atoms with Gasteiger partial charge in [-0.2, -0.15) is 0 Å². The van der Waals surface area contributed by atoms with Gasteiger partial charge in [0.15, 0.2) is 0 Å². The summed E-state index contributed by atoms with van der Waals surface area (Å²) in [6.45, 7) is 8.82. The Labute approximate surface area is 410 Å². The monoisotopic (exact) mass is 1070 g/mol. The number of benzene rings is 9. The molecule has 8 aliphatic rings. The fraction of sp³-hybridized carbons (Fsp3) is 0.0667. The van der Waals surface area contributed by atoms with Crippen molar-refractivity contribution in [3.05, 3.63) is 196 Å². The van der Waals surface area contributed by atoms with Gasteiger partial charge < -0.3 is 0 Å². The van der Waals surface area contributed by atoms with Crippen LogP contribution in [0.3, 0.4) is 0 Å². The van der Waals surface area contributed by atoms with Gasteiger partial charge in [-0.25, -0.2) is 0 Å². The second-order valence-electron chi connectivity index (χ2n) is 20.6. The SMILES string of the molecule is Cc1cccc(C)c1B1c2ccc[c]3c2N2c4c1ccc1c4B(c4ccccc4C1=O)c1cc4c5[c](c12)[Bi]3[c]1cccc2c1N5c1c(ccc3c1B4c1ccccc1C3=O)B2c1c(C)cccc1C. The van der Waals surface area contributed by atoms with Gasteiger partial charge in [0.25, 0.3) is 0 Å². The summed E-state index contributed by atoms with van der Waals surface area (Å²) in [5, 5.41) is 0. The molecule has 4 nitrogen and oxygen atoms in total. The fourth-order valence-electron chi connectivity index (χ4n) is 15.1. The third-order valence-electron chi connectivity index (χ3n) is 17.6. The standard InChI is InChI=1S/C60H37B4N2O2.Bi/c1-33-15-13-16-34(2)53(33)63-43-23-9-11-25-49(43)65-51-32-52-48(31-47(51)61-41-21-7-5-19-37(41)59(67)39-27-29-45(63)57(65)55(39)61)62-42-22-8-6-20-38(42)60(68)40-28-30-46-58(56(40)62)66(52)50-26-12-10-24-44(50)64(46)54-35(3)17-14-18-36(54)4;/h5-24,27-31H,1-4H3;. The molecule has 9 heteroatoms. The summed E-state index contributed by atoms with van der Waals surface area (Å²) in [5.41, 5.74) is 31.3. The van der Waals surface area contributed by atoms with E-state index in [-0.39, 0.29) is 38.4 Å². The maximum absolute atomic E-state index is 15.0. The van der Waals surface area contributed by atoms with E-state index in [1.807, 2.05) is 12.1 Å². The molecular weight excluding hydrogens is 1030 g/mol. The molecule has 0 spiro atoms. The van der Waals surface area contributed by atoms with Crippen molar-refractivity contribution in [2.75, 3.05) is 9.80 Å². The van der Waals surface area contributed by atoms with E-state index >= 15 is 9.59 Å². The summed E-state index contributed by atoms with van der Waals surface area (Å²) in [6.07, 6.45) is 0. The van der Waals surface area contributed by atoms with Gasteiger partial charge in [0.2, 0.25) is 0 Å². The first-order valence-corrected chi connectivity index (χ1v) is 29.6. The summed E-state index contributed by atoms with van der Waals surface area (Å²) in [4.78, 5) is 35.5. The summed E-state index contributed by atoms with van der Waals surface area (Å²) in [7, 11) is 0. The molecule has 0 atom stereocenters. The van der Waals surface area contributed by atoms with Crippen LogP contribution >= 0.6 is 0 Å². The topological polar surface area (TPSA) is 40.6 Å². The molecular formula is C60H37B4BiN2O2. The van der Waals surface area contributed by atoms with Crippen molar-refractivity contribution in [2.45, 2.75) is 27.7 Å². The van der Waals surface area contributed by atoms with Crippen LogP contribution in [0.4, 0.5) is 34.1 Å². The van der Waals surface area contributed by atoms with Gasteiger partial charge in [-0.15, -0.1) is 0 Å². The van der Waals surface area contributed by atoms with Gasteiger partial charge >= 0.3 is 413 Å². The normalized spacial score (nSPS) is 15.7. The van der Waals surface area contributed by atoms with Gasteiger partial charge in [-0.05, 0) is 0 Å². The molecule has 0 aromatic heterocycles. The molecule has 0 unspecified atom stereocenters. The average Bonchev–Trinajstić information content (AvgIpc) is 3.37. The third-order valence-corrected chi connectivity index (χ3v) is 27.5. The molecule has 9 aromatic carbocycles. The molecule has 69 heavy (non-hydrogen) atoms. The molecule has 17 rings (SSSR count). The first kappa shape index (κ1) is 38.0. The van der Waals surface area contributed by atoms with Crippen LogP contribution in [0.1, 0.15) is 54.1 Å². The number of fused-ring (bicyclic) bond motifs is 8. The minimum atomic E-state index is -3.40. The van der Waals surface area contributed by atoms with Gasteiger partial charge in [-0.1, -0.05) is 0 Å². The molecule has 0 aliphatic carbocycles. The van der Waals surface area contributed by atoms with Crippen LogP contribution in [-0.4, -0.2) is 60.2 Å². The molecule has 316 valence electrons. The van der Waals surface area contributed by atoms with Gasteiger partial charge in [-0.3, -0.25) is 0 Å². The van der Waals surface area contributed by atoms with E-state index in [1.165, 1.54) is 110 Å². The summed E-state index contributed by atoms with van der Waals surface area (Å²) in [5.74, 6) is 0.218. The van der Waals surface area contributed by atoms with E-state index in [2.05, 4.69) is 177 Å². The molecule has 0 radical (unpaired) electrons. The third kappa shape index (κ3) is 4.21. The number of carbonyl (C=O) groups is 2. The Hall–Kier alpha value is -6.94. The van der Waals surface area contributed by atoms with E-state index < -0.39 is 21.8 Å². The van der Waals surface area contributed by atoms with Crippen molar-refractivity contribution in [3.63, 3.8) is 0 Å². The summed E-state index contributed by atoms with van der Waals surface area (Å²) in [6, 6.07) is 56.5. The van der Waals surface area contributed by atoms with Gasteiger partial charge in [0.1, 0.15) is 0 Å². The molecule has 8 heterocycles. The minimum absolute atomic E-state index is 0.00104. The van der Waals surface area contributed by atoms with E-state index in [4.69, 9.17) is 0 Å². The molecule has 0 saturated heterocycles. The maximum atomic E-state index is 15.0. The van der Waals surface area contributed by atoms with Crippen molar-refractivity contribution in [2.24, 2.45) is 0 Å². The average molecular weight is 1070 g/mol. The predicted molar refractivity (Wildman–Crippen MR) is 291 cm³/mol. The number of rotatable bonds is 2. The zero-order chi connectivity index (χ0) is 45.6. The summed E-state index contributed by atoms with van der Waals surface area (Å²) >= 11 is -3.40. The number of aryl methyl sites for hydroxylation is 4. The van der Waals surface area contributed by atoms with Crippen LogP contribution in [0, 0.1) is 27.7 Å². The Morgan fingerprint density at radius 3 is 1.16 bits per heavy atom. The second kappa shape index (κ2) is 12.6. The van der Waals surface area contributed by atoms with Crippen LogP contribution in [0.2, 0.25) is 0 Å². The molecule has 0 fully saturated rings. The first-order chi connectivity index (χ1) is 33.8. The van der Waals surface area contributed by atoms with Crippen molar-refractivity contribution in [3.8, 4) is 0 Å². The number of para-hydroxylation sites is 2. The molecule has 0 amide bonds. The number of anilines is 6. The second-order valence-corrected chi connectivity index (χ2v) is 28.7. The number of hydrogen-bond acceptors (Lipinski definition) is 4. The zero-order valence-electron chi connectivity index (χ0n) is 38.4. The van der Waals surface area contributed by atoms with E-state index in [0.717, 1.165) is 44.1 Å². The Morgan fingerprint density at radius 1 is 0.333 bits per heavy atom. The van der Waals surface area contributed by atoms with Crippen molar-refractivity contribution >= 4 is 170 Å². The van der Waals surface area contributed by atoms with E-state index in [1.54, 1.807) is 0 Å². The zero-order valence-corrected chi connectivity index (χ0v) is 41.9.